The number of urea groups is 1. The van der Waals surface area contributed by atoms with Gasteiger partial charge in [-0.3, -0.25) is 10.1 Å². The van der Waals surface area contributed by atoms with E-state index in [4.69, 9.17) is 0 Å². The van der Waals surface area contributed by atoms with Crippen LogP contribution in [0, 0.1) is 11.8 Å². The predicted octanol–water partition coefficient (Wildman–Crippen LogP) is 2.41. The maximum absolute atomic E-state index is 12.2. The Bertz CT molecular complexity index is 604. The van der Waals surface area contributed by atoms with Crippen LogP contribution in [0.25, 0.3) is 0 Å². The number of hydrogen-bond acceptors (Lipinski definition) is 3. The van der Waals surface area contributed by atoms with Gasteiger partial charge in [0.1, 0.15) is 6.54 Å². The molecule has 0 spiro atoms. The van der Waals surface area contributed by atoms with Crippen LogP contribution < -0.4 is 10.6 Å². The van der Waals surface area contributed by atoms with E-state index in [2.05, 4.69) is 29.5 Å². The number of carbonyl (C=O) groups is 2. The van der Waals surface area contributed by atoms with Crippen LogP contribution >= 0.6 is 0 Å². The van der Waals surface area contributed by atoms with E-state index in [-0.39, 0.29) is 24.5 Å². The first-order valence-electron chi connectivity index (χ1n) is 9.16. The van der Waals surface area contributed by atoms with Gasteiger partial charge in [0.05, 0.1) is 12.0 Å². The van der Waals surface area contributed by atoms with Gasteiger partial charge in [-0.1, -0.05) is 33.1 Å². The lowest BCUT2D eigenvalue weighted by Gasteiger charge is -2.26. The van der Waals surface area contributed by atoms with Crippen molar-refractivity contribution in [2.75, 3.05) is 0 Å². The van der Waals surface area contributed by atoms with Crippen LogP contribution in [-0.2, 0) is 24.2 Å². The van der Waals surface area contributed by atoms with Crippen LogP contribution in [0.2, 0.25) is 0 Å². The number of hydrogen-bond donors (Lipinski definition) is 2. The molecule has 2 aliphatic rings. The number of nitrogens with zero attached hydrogens (tertiary/aromatic N) is 2. The molecule has 1 saturated carbocycles. The average molecular weight is 332 g/mol. The molecule has 3 rings (SSSR count). The fraction of sp³-hybridized carbons (Fsp3) is 0.722. The maximum Gasteiger partial charge on any atom is 0.321 e. The first-order valence-corrected chi connectivity index (χ1v) is 9.16. The van der Waals surface area contributed by atoms with Crippen molar-refractivity contribution >= 4 is 11.9 Å². The van der Waals surface area contributed by atoms with Gasteiger partial charge in [0.15, 0.2) is 0 Å². The Morgan fingerprint density at radius 2 is 1.88 bits per heavy atom. The zero-order valence-corrected chi connectivity index (χ0v) is 14.7. The molecule has 2 atom stereocenters. The van der Waals surface area contributed by atoms with Gasteiger partial charge in [0.2, 0.25) is 5.91 Å². The lowest BCUT2D eigenvalue weighted by molar-refractivity contribution is -0.120. The van der Waals surface area contributed by atoms with E-state index < -0.39 is 0 Å². The largest absolute Gasteiger partial charge is 0.335 e. The Kier molecular flexibility index (Phi) is 5.21. The number of nitrogens with one attached hydrogen (secondary N) is 2. The molecule has 0 aliphatic heterocycles. The van der Waals surface area contributed by atoms with Crippen molar-refractivity contribution in [3.8, 4) is 0 Å². The molecule has 24 heavy (non-hydrogen) atoms. The first-order chi connectivity index (χ1) is 11.5. The molecular formula is C18H28N4O2. The summed E-state index contributed by atoms with van der Waals surface area (Å²) in [4.78, 5) is 28.6. The molecule has 1 heterocycles. The molecule has 6 heteroatoms. The van der Waals surface area contributed by atoms with Gasteiger partial charge in [-0.15, -0.1) is 0 Å². The summed E-state index contributed by atoms with van der Waals surface area (Å²) in [5.41, 5.74) is 2.24. The molecule has 0 radical (unpaired) electrons. The molecule has 1 fully saturated rings. The van der Waals surface area contributed by atoms with Crippen LogP contribution in [0.4, 0.5) is 4.79 Å². The molecular weight excluding hydrogens is 304 g/mol. The number of aromatic nitrogens is 2. The third kappa shape index (κ3) is 3.97. The van der Waals surface area contributed by atoms with Crippen LogP contribution in [0.1, 0.15) is 57.3 Å². The fourth-order valence-electron chi connectivity index (χ4n) is 3.79. The number of rotatable bonds is 3. The smallest absolute Gasteiger partial charge is 0.321 e. The second kappa shape index (κ2) is 7.36. The molecule has 2 aliphatic carbocycles. The number of fused-ring (bicyclic) bond motifs is 1. The normalized spacial score (nSPS) is 24.2. The van der Waals surface area contributed by atoms with Crippen molar-refractivity contribution in [1.82, 2.24) is 20.2 Å². The minimum Gasteiger partial charge on any atom is -0.335 e. The quantitative estimate of drug-likeness (QED) is 0.892. The van der Waals surface area contributed by atoms with E-state index in [1.165, 1.54) is 6.42 Å². The number of imide groups is 1. The highest BCUT2D eigenvalue weighted by Gasteiger charge is 2.26. The summed E-state index contributed by atoms with van der Waals surface area (Å²) >= 11 is 0. The van der Waals surface area contributed by atoms with Gasteiger partial charge >= 0.3 is 6.03 Å². The van der Waals surface area contributed by atoms with E-state index in [0.29, 0.717) is 11.8 Å². The molecule has 0 saturated heterocycles. The topological polar surface area (TPSA) is 76.0 Å². The third-order valence-corrected chi connectivity index (χ3v) is 5.54. The molecule has 6 nitrogen and oxygen atoms in total. The molecule has 2 unspecified atom stereocenters. The summed E-state index contributed by atoms with van der Waals surface area (Å²) in [5.74, 6) is 0.927. The second-order valence-electron chi connectivity index (χ2n) is 7.49. The van der Waals surface area contributed by atoms with Crippen molar-refractivity contribution in [3.63, 3.8) is 0 Å². The number of imidazole rings is 1. The zero-order chi connectivity index (χ0) is 17.1. The summed E-state index contributed by atoms with van der Waals surface area (Å²) < 4.78 is 1.89. The molecule has 1 aromatic heterocycles. The standard InChI is InChI=1S/C18H28N4O2/c1-12-8-15-16(9-13(12)2)22(11-19-15)10-17(23)21-18(24)20-14-6-4-3-5-7-14/h11-14H,3-10H2,1-2H3,(H2,20,21,23,24). The average Bonchev–Trinajstić information content (AvgIpc) is 2.90. The molecule has 3 amide bonds. The minimum absolute atomic E-state index is 0.154. The summed E-state index contributed by atoms with van der Waals surface area (Å²) in [5, 5.41) is 5.36. The first kappa shape index (κ1) is 17.0. The Morgan fingerprint density at radius 3 is 2.62 bits per heavy atom. The molecule has 132 valence electrons. The summed E-state index contributed by atoms with van der Waals surface area (Å²) in [6, 6.07) is -0.169. The molecule has 0 bridgehead atoms. The Labute approximate surface area is 143 Å². The van der Waals surface area contributed by atoms with Crippen LogP contribution in [0.15, 0.2) is 6.33 Å². The minimum atomic E-state index is -0.372. The van der Waals surface area contributed by atoms with E-state index in [1.807, 2.05) is 4.57 Å². The predicted molar refractivity (Wildman–Crippen MR) is 91.5 cm³/mol. The highest BCUT2D eigenvalue weighted by Crippen LogP contribution is 2.28. The third-order valence-electron chi connectivity index (χ3n) is 5.54. The van der Waals surface area contributed by atoms with E-state index in [0.717, 1.165) is 49.9 Å². The van der Waals surface area contributed by atoms with Crippen molar-refractivity contribution in [2.24, 2.45) is 11.8 Å². The van der Waals surface area contributed by atoms with Crippen LogP contribution in [-0.4, -0.2) is 27.5 Å². The number of carbonyl (C=O) groups excluding carboxylic acids is 2. The van der Waals surface area contributed by atoms with Gasteiger partial charge in [0, 0.05) is 11.7 Å². The summed E-state index contributed by atoms with van der Waals surface area (Å²) in [6.07, 6.45) is 9.19. The Hall–Kier alpha value is -1.85. The van der Waals surface area contributed by atoms with Crippen molar-refractivity contribution in [1.29, 1.82) is 0 Å². The second-order valence-corrected chi connectivity index (χ2v) is 7.49. The lowest BCUT2D eigenvalue weighted by Crippen LogP contribution is -2.46. The molecule has 0 aromatic carbocycles. The van der Waals surface area contributed by atoms with Gasteiger partial charge in [-0.25, -0.2) is 9.78 Å². The SMILES string of the molecule is CC1Cc2ncn(CC(=O)NC(=O)NC3CCCCC3)c2CC1C. The van der Waals surface area contributed by atoms with Crippen molar-refractivity contribution in [2.45, 2.75) is 71.4 Å². The van der Waals surface area contributed by atoms with Gasteiger partial charge in [0.25, 0.3) is 0 Å². The lowest BCUT2D eigenvalue weighted by atomic mass is 9.82. The van der Waals surface area contributed by atoms with E-state index in [9.17, 15) is 9.59 Å². The van der Waals surface area contributed by atoms with Gasteiger partial charge < -0.3 is 9.88 Å². The monoisotopic (exact) mass is 332 g/mol. The number of amides is 3. The highest BCUT2D eigenvalue weighted by atomic mass is 16.2. The summed E-state index contributed by atoms with van der Waals surface area (Å²) in [7, 11) is 0. The summed E-state index contributed by atoms with van der Waals surface area (Å²) in [6.45, 7) is 4.64. The Morgan fingerprint density at radius 1 is 1.17 bits per heavy atom. The van der Waals surface area contributed by atoms with Gasteiger partial charge in [-0.05, 0) is 37.5 Å². The van der Waals surface area contributed by atoms with Crippen molar-refractivity contribution < 1.29 is 9.59 Å². The zero-order valence-electron chi connectivity index (χ0n) is 14.7. The van der Waals surface area contributed by atoms with Crippen LogP contribution in [0.5, 0.6) is 0 Å². The van der Waals surface area contributed by atoms with E-state index in [1.54, 1.807) is 6.33 Å². The maximum atomic E-state index is 12.2. The van der Waals surface area contributed by atoms with Crippen molar-refractivity contribution in [3.05, 3.63) is 17.7 Å². The molecule has 2 N–H and O–H groups in total. The van der Waals surface area contributed by atoms with E-state index >= 15 is 0 Å². The molecule has 1 aromatic rings. The Balaban J connectivity index is 1.53. The highest BCUT2D eigenvalue weighted by molar-refractivity contribution is 5.94. The van der Waals surface area contributed by atoms with Crippen LogP contribution in [0.3, 0.4) is 0 Å². The van der Waals surface area contributed by atoms with Gasteiger partial charge in [-0.2, -0.15) is 0 Å². The fourth-order valence-corrected chi connectivity index (χ4v) is 3.79.